The van der Waals surface area contributed by atoms with Gasteiger partial charge in [-0.25, -0.2) is 0 Å². The van der Waals surface area contributed by atoms with Crippen LogP contribution in [0, 0.1) is 23.7 Å². The Morgan fingerprint density at radius 2 is 1.77 bits per heavy atom. The Morgan fingerprint density at radius 3 is 2.23 bits per heavy atom. The zero-order valence-electron chi connectivity index (χ0n) is 9.72. The predicted molar refractivity (Wildman–Crippen MR) is 59.6 cm³/mol. The first-order valence-corrected chi connectivity index (χ1v) is 5.25. The van der Waals surface area contributed by atoms with Gasteiger partial charge in [-0.15, -0.1) is 5.92 Å². The van der Waals surface area contributed by atoms with Gasteiger partial charge in [-0.2, -0.15) is 0 Å². The van der Waals surface area contributed by atoms with Gasteiger partial charge in [-0.05, 0) is 26.6 Å². The fraction of sp³-hybridized carbons (Fsp3) is 0.833. The minimum atomic E-state index is 0.506. The number of nitrogens with zero attached hydrogens (tertiary/aromatic N) is 1. The first-order valence-electron chi connectivity index (χ1n) is 5.25. The number of hydrogen-bond acceptors (Lipinski definition) is 1. The fourth-order valence-corrected chi connectivity index (χ4v) is 0.953. The zero-order chi connectivity index (χ0) is 10.3. The summed E-state index contributed by atoms with van der Waals surface area (Å²) in [6.45, 7) is 11.0. The van der Waals surface area contributed by atoms with Crippen LogP contribution in [0.15, 0.2) is 0 Å². The lowest BCUT2D eigenvalue weighted by molar-refractivity contribution is 0.334. The molecule has 0 aromatic rings. The summed E-state index contributed by atoms with van der Waals surface area (Å²) in [7, 11) is 2.16. The Hall–Kier alpha value is -0.480. The van der Waals surface area contributed by atoms with Crippen molar-refractivity contribution in [3.05, 3.63) is 0 Å². The molecule has 0 aliphatic carbocycles. The maximum absolute atomic E-state index is 3.28. The van der Waals surface area contributed by atoms with E-state index in [-0.39, 0.29) is 0 Å². The molecule has 1 unspecified atom stereocenters. The van der Waals surface area contributed by atoms with Crippen LogP contribution in [0.3, 0.4) is 0 Å². The maximum atomic E-state index is 3.28. The second-order valence-electron chi connectivity index (χ2n) is 4.03. The van der Waals surface area contributed by atoms with Crippen molar-refractivity contribution in [3.8, 4) is 11.8 Å². The maximum Gasteiger partial charge on any atom is 0.0186 e. The van der Waals surface area contributed by atoms with Crippen molar-refractivity contribution >= 4 is 0 Å². The van der Waals surface area contributed by atoms with Crippen LogP contribution in [0.25, 0.3) is 0 Å². The summed E-state index contributed by atoms with van der Waals surface area (Å²) >= 11 is 0. The normalized spacial score (nSPS) is 12.8. The predicted octanol–water partition coefficient (Wildman–Crippen LogP) is 2.62. The van der Waals surface area contributed by atoms with Gasteiger partial charge in [0.2, 0.25) is 0 Å². The van der Waals surface area contributed by atoms with Crippen molar-refractivity contribution in [1.29, 1.82) is 0 Å². The molecule has 0 aliphatic rings. The molecule has 0 radical (unpaired) electrons. The van der Waals surface area contributed by atoms with Gasteiger partial charge in [-0.3, -0.25) is 0 Å². The smallest absolute Gasteiger partial charge is 0.0186 e. The van der Waals surface area contributed by atoms with E-state index < -0.39 is 0 Å². The summed E-state index contributed by atoms with van der Waals surface area (Å²) in [4.78, 5) is 2.33. The molecule has 0 heterocycles. The third-order valence-electron chi connectivity index (χ3n) is 2.10. The van der Waals surface area contributed by atoms with Gasteiger partial charge in [0.15, 0.2) is 0 Å². The van der Waals surface area contributed by atoms with Crippen molar-refractivity contribution in [1.82, 2.24) is 4.90 Å². The van der Waals surface area contributed by atoms with Crippen molar-refractivity contribution in [2.75, 3.05) is 20.1 Å². The van der Waals surface area contributed by atoms with Crippen LogP contribution in [0.2, 0.25) is 0 Å². The van der Waals surface area contributed by atoms with Gasteiger partial charge in [0.25, 0.3) is 0 Å². The lowest BCUT2D eigenvalue weighted by Crippen LogP contribution is -2.20. The van der Waals surface area contributed by atoms with Crippen LogP contribution in [0.1, 0.15) is 34.1 Å². The van der Waals surface area contributed by atoms with Crippen LogP contribution in [-0.2, 0) is 0 Å². The monoisotopic (exact) mass is 181 g/mol. The number of rotatable bonds is 4. The van der Waals surface area contributed by atoms with E-state index in [1.54, 1.807) is 0 Å². The Kier molecular flexibility index (Phi) is 6.72. The molecular weight excluding hydrogens is 158 g/mol. The van der Waals surface area contributed by atoms with E-state index >= 15 is 0 Å². The highest BCUT2D eigenvalue weighted by Gasteiger charge is 1.99. The third-order valence-corrected chi connectivity index (χ3v) is 2.10. The molecule has 0 spiro atoms. The molecule has 0 aliphatic heterocycles. The van der Waals surface area contributed by atoms with Crippen LogP contribution in [0.4, 0.5) is 0 Å². The van der Waals surface area contributed by atoms with Gasteiger partial charge < -0.3 is 4.90 Å². The highest BCUT2D eigenvalue weighted by molar-refractivity contribution is 5.04. The van der Waals surface area contributed by atoms with Gasteiger partial charge in [-0.1, -0.05) is 33.6 Å². The van der Waals surface area contributed by atoms with Crippen molar-refractivity contribution in [2.45, 2.75) is 34.1 Å². The Balaban J connectivity index is 3.64. The lowest BCUT2D eigenvalue weighted by atomic mass is 10.1. The molecule has 76 valence electrons. The van der Waals surface area contributed by atoms with E-state index in [9.17, 15) is 0 Å². The van der Waals surface area contributed by atoms with Gasteiger partial charge in [0.05, 0.1) is 0 Å². The average molecular weight is 181 g/mol. The van der Waals surface area contributed by atoms with Crippen LogP contribution in [0.5, 0.6) is 0 Å². The molecule has 1 nitrogen and oxygen atoms in total. The van der Waals surface area contributed by atoms with Crippen molar-refractivity contribution < 1.29 is 0 Å². The summed E-state index contributed by atoms with van der Waals surface area (Å²) in [6, 6.07) is 0. The van der Waals surface area contributed by atoms with Crippen molar-refractivity contribution in [2.24, 2.45) is 11.8 Å². The van der Waals surface area contributed by atoms with E-state index in [4.69, 9.17) is 0 Å². The third kappa shape index (κ3) is 7.87. The molecule has 0 fully saturated rings. The molecule has 0 bridgehead atoms. The van der Waals surface area contributed by atoms with Crippen LogP contribution >= 0.6 is 0 Å². The van der Waals surface area contributed by atoms with E-state index in [0.29, 0.717) is 11.8 Å². The molecule has 0 amide bonds. The molecule has 1 atom stereocenters. The highest BCUT2D eigenvalue weighted by Crippen LogP contribution is 2.01. The Labute approximate surface area is 83.5 Å². The molecule has 0 rings (SSSR count). The van der Waals surface area contributed by atoms with Crippen LogP contribution < -0.4 is 0 Å². The first kappa shape index (κ1) is 12.5. The molecule has 0 aromatic carbocycles. The minimum absolute atomic E-state index is 0.506. The van der Waals surface area contributed by atoms with E-state index in [2.05, 4.69) is 51.5 Å². The Bertz CT molecular complexity index is 173. The van der Waals surface area contributed by atoms with E-state index in [1.165, 1.54) is 6.42 Å². The SMILES string of the molecule is CCN(C)CCC(C)C#CC(C)C. The second kappa shape index (κ2) is 6.97. The second-order valence-corrected chi connectivity index (χ2v) is 4.03. The largest absolute Gasteiger partial charge is 0.307 e. The van der Waals surface area contributed by atoms with Gasteiger partial charge in [0, 0.05) is 11.8 Å². The lowest BCUT2D eigenvalue weighted by Gasteiger charge is -2.14. The van der Waals surface area contributed by atoms with Gasteiger partial charge in [0.1, 0.15) is 0 Å². The molecule has 13 heavy (non-hydrogen) atoms. The van der Waals surface area contributed by atoms with E-state index in [1.807, 2.05) is 0 Å². The Morgan fingerprint density at radius 1 is 1.15 bits per heavy atom. The van der Waals surface area contributed by atoms with Crippen molar-refractivity contribution in [3.63, 3.8) is 0 Å². The molecule has 0 saturated heterocycles. The van der Waals surface area contributed by atoms with Crippen LogP contribution in [-0.4, -0.2) is 25.0 Å². The van der Waals surface area contributed by atoms with Gasteiger partial charge >= 0.3 is 0 Å². The fourth-order valence-electron chi connectivity index (χ4n) is 0.953. The average Bonchev–Trinajstić information content (AvgIpc) is 2.10. The summed E-state index contributed by atoms with van der Waals surface area (Å²) in [5.74, 6) is 7.55. The quantitative estimate of drug-likeness (QED) is 0.603. The number of hydrogen-bond donors (Lipinski definition) is 0. The standard InChI is InChI=1S/C12H23N/c1-6-13(5)10-9-12(4)8-7-11(2)3/h11-12H,6,9-10H2,1-5H3. The minimum Gasteiger partial charge on any atom is -0.307 e. The molecule has 0 saturated carbocycles. The molecule has 0 N–H and O–H groups in total. The topological polar surface area (TPSA) is 3.24 Å². The summed E-state index contributed by atoms with van der Waals surface area (Å²) in [6.07, 6.45) is 1.18. The summed E-state index contributed by atoms with van der Waals surface area (Å²) in [5, 5.41) is 0. The molecular formula is C12H23N. The summed E-state index contributed by atoms with van der Waals surface area (Å²) in [5.41, 5.74) is 0. The summed E-state index contributed by atoms with van der Waals surface area (Å²) < 4.78 is 0. The highest BCUT2D eigenvalue weighted by atomic mass is 15.1. The first-order chi connectivity index (χ1) is 6.06. The molecule has 0 aromatic heterocycles. The van der Waals surface area contributed by atoms with E-state index in [0.717, 1.165) is 13.1 Å². The molecule has 1 heteroatoms. The zero-order valence-corrected chi connectivity index (χ0v) is 9.72.